The van der Waals surface area contributed by atoms with Gasteiger partial charge in [-0.25, -0.2) is 4.79 Å². The Hall–Kier alpha value is -2.57. The van der Waals surface area contributed by atoms with Crippen molar-refractivity contribution in [1.29, 1.82) is 0 Å². The van der Waals surface area contributed by atoms with Gasteiger partial charge in [0.2, 0.25) is 0 Å². The standard InChI is InChI=1S/C20H20Cl2N2O4/c1-12(2)10-23-19(26)13-6-3-4-9-16(13)24-17(25)11-28-20(27)14-7-5-8-15(21)18(14)22/h3-9,12H,10-11H2,1-2H3,(H,23,26)(H,24,25). The monoisotopic (exact) mass is 422 g/mol. The summed E-state index contributed by atoms with van der Waals surface area (Å²) in [5.41, 5.74) is 0.710. The molecule has 28 heavy (non-hydrogen) atoms. The van der Waals surface area contributed by atoms with E-state index in [1.807, 2.05) is 13.8 Å². The minimum Gasteiger partial charge on any atom is -0.452 e. The van der Waals surface area contributed by atoms with Crippen LogP contribution in [0.15, 0.2) is 42.5 Å². The molecule has 2 aromatic rings. The van der Waals surface area contributed by atoms with Crippen LogP contribution in [0.5, 0.6) is 0 Å². The third-order valence-electron chi connectivity index (χ3n) is 3.62. The lowest BCUT2D eigenvalue weighted by atomic mass is 10.1. The Balaban J connectivity index is 1.99. The number of rotatable bonds is 7. The maximum atomic E-state index is 12.3. The van der Waals surface area contributed by atoms with Crippen LogP contribution in [0, 0.1) is 5.92 Å². The molecule has 0 heterocycles. The summed E-state index contributed by atoms with van der Waals surface area (Å²) in [5, 5.41) is 5.64. The van der Waals surface area contributed by atoms with Crippen molar-refractivity contribution in [3.63, 3.8) is 0 Å². The van der Waals surface area contributed by atoms with Crippen molar-refractivity contribution in [2.45, 2.75) is 13.8 Å². The first kappa shape index (κ1) is 21.7. The second kappa shape index (κ2) is 10.1. The molecule has 148 valence electrons. The summed E-state index contributed by atoms with van der Waals surface area (Å²) < 4.78 is 4.98. The number of para-hydroxylation sites is 1. The van der Waals surface area contributed by atoms with Gasteiger partial charge in [-0.1, -0.05) is 55.2 Å². The molecular weight excluding hydrogens is 403 g/mol. The van der Waals surface area contributed by atoms with Crippen LogP contribution >= 0.6 is 23.2 Å². The van der Waals surface area contributed by atoms with Gasteiger partial charge in [-0.05, 0) is 30.2 Å². The van der Waals surface area contributed by atoms with Crippen LogP contribution in [0.3, 0.4) is 0 Å². The van der Waals surface area contributed by atoms with Gasteiger partial charge < -0.3 is 15.4 Å². The number of benzene rings is 2. The van der Waals surface area contributed by atoms with Crippen LogP contribution in [-0.2, 0) is 9.53 Å². The Labute approximate surface area is 173 Å². The van der Waals surface area contributed by atoms with E-state index in [-0.39, 0.29) is 21.5 Å². The molecule has 2 N–H and O–H groups in total. The lowest BCUT2D eigenvalue weighted by molar-refractivity contribution is -0.119. The summed E-state index contributed by atoms with van der Waals surface area (Å²) in [6.07, 6.45) is 0. The highest BCUT2D eigenvalue weighted by molar-refractivity contribution is 6.43. The number of esters is 1. The third-order valence-corrected chi connectivity index (χ3v) is 4.44. The summed E-state index contributed by atoms with van der Waals surface area (Å²) in [5.74, 6) is -1.36. The summed E-state index contributed by atoms with van der Waals surface area (Å²) in [4.78, 5) is 36.5. The fraction of sp³-hybridized carbons (Fsp3) is 0.250. The second-order valence-corrected chi connectivity index (χ2v) is 7.16. The Morgan fingerprint density at radius 3 is 2.39 bits per heavy atom. The largest absolute Gasteiger partial charge is 0.452 e. The molecule has 0 fully saturated rings. The van der Waals surface area contributed by atoms with Crippen molar-refractivity contribution in [2.24, 2.45) is 5.92 Å². The smallest absolute Gasteiger partial charge is 0.340 e. The predicted octanol–water partition coefficient (Wildman–Crippen LogP) is 4.17. The van der Waals surface area contributed by atoms with Crippen LogP contribution < -0.4 is 10.6 Å². The zero-order chi connectivity index (χ0) is 20.7. The van der Waals surface area contributed by atoms with Crippen LogP contribution in [0.4, 0.5) is 5.69 Å². The number of carbonyl (C=O) groups is 3. The van der Waals surface area contributed by atoms with E-state index in [1.54, 1.807) is 30.3 Å². The van der Waals surface area contributed by atoms with Crippen molar-refractivity contribution in [2.75, 3.05) is 18.5 Å². The molecule has 8 heteroatoms. The van der Waals surface area contributed by atoms with Crippen molar-refractivity contribution < 1.29 is 19.1 Å². The fourth-order valence-corrected chi connectivity index (χ4v) is 2.62. The number of anilines is 1. The van der Waals surface area contributed by atoms with E-state index in [0.717, 1.165) is 0 Å². The molecule has 2 amide bonds. The van der Waals surface area contributed by atoms with Crippen LogP contribution in [0.25, 0.3) is 0 Å². The zero-order valence-electron chi connectivity index (χ0n) is 15.4. The number of amides is 2. The van der Waals surface area contributed by atoms with Crippen molar-refractivity contribution in [3.8, 4) is 0 Å². The van der Waals surface area contributed by atoms with Crippen molar-refractivity contribution in [1.82, 2.24) is 5.32 Å². The number of hydrogen-bond donors (Lipinski definition) is 2. The molecule has 0 aliphatic heterocycles. The number of halogens is 2. The highest BCUT2D eigenvalue weighted by Gasteiger charge is 2.17. The van der Waals surface area contributed by atoms with Crippen molar-refractivity contribution in [3.05, 3.63) is 63.6 Å². The molecule has 0 aliphatic carbocycles. The van der Waals surface area contributed by atoms with E-state index in [2.05, 4.69) is 10.6 Å². The molecule has 0 aromatic heterocycles. The Morgan fingerprint density at radius 2 is 1.68 bits per heavy atom. The van der Waals surface area contributed by atoms with E-state index < -0.39 is 18.5 Å². The maximum Gasteiger partial charge on any atom is 0.340 e. The summed E-state index contributed by atoms with van der Waals surface area (Å²) in [6, 6.07) is 11.1. The van der Waals surface area contributed by atoms with Crippen molar-refractivity contribution >= 4 is 46.7 Å². The van der Waals surface area contributed by atoms with E-state index in [9.17, 15) is 14.4 Å². The molecule has 0 unspecified atom stereocenters. The quantitative estimate of drug-likeness (QED) is 0.655. The molecule has 6 nitrogen and oxygen atoms in total. The normalized spacial score (nSPS) is 10.5. The molecule has 0 saturated carbocycles. The predicted molar refractivity (Wildman–Crippen MR) is 109 cm³/mol. The molecule has 0 radical (unpaired) electrons. The lowest BCUT2D eigenvalue weighted by Gasteiger charge is -2.13. The Morgan fingerprint density at radius 1 is 1.00 bits per heavy atom. The number of nitrogens with one attached hydrogen (secondary N) is 2. The van der Waals surface area contributed by atoms with E-state index in [1.165, 1.54) is 12.1 Å². The highest BCUT2D eigenvalue weighted by atomic mass is 35.5. The van der Waals surface area contributed by atoms with Crippen LogP contribution in [0.2, 0.25) is 10.0 Å². The number of carbonyl (C=O) groups excluding carboxylic acids is 3. The van der Waals surface area contributed by atoms with Gasteiger partial charge in [-0.3, -0.25) is 9.59 Å². The van der Waals surface area contributed by atoms with E-state index >= 15 is 0 Å². The Bertz CT molecular complexity index is 884. The van der Waals surface area contributed by atoms with Gasteiger partial charge in [0, 0.05) is 6.54 Å². The molecule has 0 atom stereocenters. The molecule has 0 bridgehead atoms. The average molecular weight is 423 g/mol. The first-order chi connectivity index (χ1) is 13.3. The van der Waals surface area contributed by atoms with Gasteiger partial charge in [0.15, 0.2) is 6.61 Å². The average Bonchev–Trinajstić information content (AvgIpc) is 2.66. The van der Waals surface area contributed by atoms with Gasteiger partial charge in [-0.15, -0.1) is 0 Å². The lowest BCUT2D eigenvalue weighted by Crippen LogP contribution is -2.29. The molecule has 0 spiro atoms. The number of ether oxygens (including phenoxy) is 1. The highest BCUT2D eigenvalue weighted by Crippen LogP contribution is 2.26. The molecular formula is C20H20Cl2N2O4. The fourth-order valence-electron chi connectivity index (χ4n) is 2.24. The molecule has 0 saturated heterocycles. The van der Waals surface area contributed by atoms with E-state index in [4.69, 9.17) is 27.9 Å². The SMILES string of the molecule is CC(C)CNC(=O)c1ccccc1NC(=O)COC(=O)c1cccc(Cl)c1Cl. The summed E-state index contributed by atoms with van der Waals surface area (Å²) in [7, 11) is 0. The van der Waals surface area contributed by atoms with Crippen LogP contribution in [0.1, 0.15) is 34.6 Å². The van der Waals surface area contributed by atoms with Gasteiger partial charge in [0.1, 0.15) is 0 Å². The first-order valence-corrected chi connectivity index (χ1v) is 9.33. The maximum absolute atomic E-state index is 12.3. The molecule has 2 aromatic carbocycles. The Kier molecular flexibility index (Phi) is 7.84. The van der Waals surface area contributed by atoms with E-state index in [0.29, 0.717) is 23.7 Å². The first-order valence-electron chi connectivity index (χ1n) is 8.57. The van der Waals surface area contributed by atoms with Gasteiger partial charge in [0.25, 0.3) is 11.8 Å². The molecule has 0 aliphatic rings. The summed E-state index contributed by atoms with van der Waals surface area (Å²) in [6.45, 7) is 3.94. The van der Waals surface area contributed by atoms with Gasteiger partial charge >= 0.3 is 5.97 Å². The minimum absolute atomic E-state index is 0.0572. The summed E-state index contributed by atoms with van der Waals surface area (Å²) >= 11 is 11.8. The van der Waals surface area contributed by atoms with Crippen LogP contribution in [-0.4, -0.2) is 30.9 Å². The third kappa shape index (κ3) is 5.97. The zero-order valence-corrected chi connectivity index (χ0v) is 16.9. The topological polar surface area (TPSA) is 84.5 Å². The van der Waals surface area contributed by atoms with Gasteiger partial charge in [0.05, 0.1) is 26.9 Å². The molecule has 2 rings (SSSR count). The minimum atomic E-state index is -0.773. The second-order valence-electron chi connectivity index (χ2n) is 6.38. The number of hydrogen-bond acceptors (Lipinski definition) is 4. The van der Waals surface area contributed by atoms with Gasteiger partial charge in [-0.2, -0.15) is 0 Å².